The van der Waals surface area contributed by atoms with Crippen LogP contribution in [0.3, 0.4) is 0 Å². The largest absolute Gasteiger partial charge is 0.376 e. The molecular weight excluding hydrogens is 611 g/mol. The van der Waals surface area contributed by atoms with Crippen molar-refractivity contribution in [2.45, 2.75) is 55.4 Å². The van der Waals surface area contributed by atoms with Gasteiger partial charge in [-0.05, 0) is 93.8 Å². The van der Waals surface area contributed by atoms with Crippen LogP contribution in [0.2, 0.25) is 0 Å². The van der Waals surface area contributed by atoms with Crippen LogP contribution in [0.5, 0.6) is 0 Å². The third kappa shape index (κ3) is 9.44. The van der Waals surface area contributed by atoms with Gasteiger partial charge in [-0.15, -0.1) is 11.8 Å². The fourth-order valence-corrected chi connectivity index (χ4v) is 7.21. The zero-order valence-electron chi connectivity index (χ0n) is 26.4. The second-order valence-electron chi connectivity index (χ2n) is 12.1. The van der Waals surface area contributed by atoms with Crippen LogP contribution in [-0.2, 0) is 10.0 Å². The lowest BCUT2D eigenvalue weighted by molar-refractivity contribution is -0.384. The average Bonchev–Trinajstić information content (AvgIpc) is 3.03. The summed E-state index contributed by atoms with van der Waals surface area (Å²) in [6, 6.07) is 20.3. The number of sulfonamides is 1. The first kappa shape index (κ1) is 34.3. The number of rotatable bonds is 14. The van der Waals surface area contributed by atoms with Gasteiger partial charge in [0.15, 0.2) is 0 Å². The normalized spacial score (nSPS) is 15.4. The molecule has 0 saturated carbocycles. The summed E-state index contributed by atoms with van der Waals surface area (Å²) in [6.07, 6.45) is 4.04. The van der Waals surface area contributed by atoms with Gasteiger partial charge in [0.05, 0.1) is 9.82 Å². The second-order valence-corrected chi connectivity index (χ2v) is 14.9. The molecule has 3 aromatic rings. The zero-order chi connectivity index (χ0) is 32.6. The van der Waals surface area contributed by atoms with Gasteiger partial charge in [0.2, 0.25) is 0 Å². The van der Waals surface area contributed by atoms with E-state index in [0.717, 1.165) is 62.0 Å². The number of nitrogens with one attached hydrogen (secondary N) is 2. The molecule has 1 fully saturated rings. The molecule has 1 atom stereocenters. The van der Waals surface area contributed by atoms with Crippen LogP contribution in [0.1, 0.15) is 49.9 Å². The first-order valence-electron chi connectivity index (χ1n) is 15.2. The molecule has 1 aliphatic heterocycles. The molecule has 242 valence electrons. The molecule has 0 aromatic heterocycles. The number of nitro benzene ring substituents is 1. The molecule has 1 heterocycles. The Kier molecular flexibility index (Phi) is 11.5. The van der Waals surface area contributed by atoms with Crippen LogP contribution in [-0.4, -0.2) is 69.7 Å². The summed E-state index contributed by atoms with van der Waals surface area (Å²) in [5.41, 5.74) is 1.36. The SMILES string of the molecule is CCC1(C)CCN(c2ccc(C(=O)NS(=O)(=O)c3ccc(N[C@H](CCN(C)C)CSc4ccccc4)c([N+](=O)[O-])c3)cc2)CC1. The van der Waals surface area contributed by atoms with Gasteiger partial charge < -0.3 is 15.1 Å². The molecule has 1 aliphatic rings. The molecule has 3 aromatic carbocycles. The molecule has 10 nitrogen and oxygen atoms in total. The van der Waals surface area contributed by atoms with Gasteiger partial charge in [-0.3, -0.25) is 14.9 Å². The minimum atomic E-state index is -4.38. The summed E-state index contributed by atoms with van der Waals surface area (Å²) >= 11 is 1.64. The van der Waals surface area contributed by atoms with Gasteiger partial charge >= 0.3 is 0 Å². The van der Waals surface area contributed by atoms with E-state index >= 15 is 0 Å². The van der Waals surface area contributed by atoms with Crippen LogP contribution < -0.4 is 14.9 Å². The van der Waals surface area contributed by atoms with E-state index in [2.05, 4.69) is 28.8 Å². The molecule has 0 unspecified atom stereocenters. The predicted molar refractivity (Wildman–Crippen MR) is 182 cm³/mol. The number of hydrogen-bond acceptors (Lipinski definition) is 9. The van der Waals surface area contributed by atoms with Crippen LogP contribution in [0, 0.1) is 15.5 Å². The Morgan fingerprint density at radius 1 is 1.07 bits per heavy atom. The molecule has 0 bridgehead atoms. The average molecular weight is 654 g/mol. The van der Waals surface area contributed by atoms with Crippen LogP contribution >= 0.6 is 11.8 Å². The number of benzene rings is 3. The van der Waals surface area contributed by atoms with E-state index in [1.807, 2.05) is 61.5 Å². The van der Waals surface area contributed by atoms with E-state index in [0.29, 0.717) is 11.2 Å². The summed E-state index contributed by atoms with van der Waals surface area (Å²) in [4.78, 5) is 29.4. The molecule has 4 rings (SSSR count). The van der Waals surface area contributed by atoms with Crippen molar-refractivity contribution in [2.75, 3.05) is 49.7 Å². The Bertz CT molecular complexity index is 1560. The molecule has 0 radical (unpaired) electrons. The van der Waals surface area contributed by atoms with Crippen molar-refractivity contribution in [2.24, 2.45) is 5.41 Å². The van der Waals surface area contributed by atoms with Gasteiger partial charge in [0, 0.05) is 47.1 Å². The maximum Gasteiger partial charge on any atom is 0.293 e. The van der Waals surface area contributed by atoms with Crippen LogP contribution in [0.25, 0.3) is 0 Å². The van der Waals surface area contributed by atoms with Gasteiger partial charge in [0.1, 0.15) is 5.69 Å². The van der Waals surface area contributed by atoms with Crippen LogP contribution in [0.4, 0.5) is 17.1 Å². The topological polar surface area (TPSA) is 125 Å². The van der Waals surface area contributed by atoms with Crippen LogP contribution in [0.15, 0.2) is 82.6 Å². The van der Waals surface area contributed by atoms with Crippen molar-refractivity contribution in [3.8, 4) is 0 Å². The van der Waals surface area contributed by atoms with Gasteiger partial charge in [-0.25, -0.2) is 13.1 Å². The first-order valence-corrected chi connectivity index (χ1v) is 17.7. The van der Waals surface area contributed by atoms with Gasteiger partial charge in [-0.1, -0.05) is 38.5 Å². The Morgan fingerprint density at radius 2 is 1.73 bits per heavy atom. The standard InChI is InChI=1S/C33H43N5O5S2/c1-5-33(2)18-21-37(22-19-33)27-13-11-25(12-14-27)32(39)35-45(42,43)29-15-16-30(31(23-29)38(40)41)34-26(17-20-36(3)4)24-44-28-9-7-6-8-10-28/h6-16,23,26,34H,5,17-22,24H2,1-4H3,(H,35,39)/t26-/m1/s1. The summed E-state index contributed by atoms with van der Waals surface area (Å²) in [6.45, 7) is 7.15. The number of carbonyl (C=O) groups is 1. The molecule has 1 amide bonds. The van der Waals surface area contributed by atoms with Crippen molar-refractivity contribution in [1.82, 2.24) is 9.62 Å². The number of piperidine rings is 1. The van der Waals surface area contributed by atoms with Gasteiger partial charge in [-0.2, -0.15) is 0 Å². The minimum Gasteiger partial charge on any atom is -0.376 e. The maximum atomic E-state index is 13.2. The number of thioether (sulfide) groups is 1. The third-order valence-electron chi connectivity index (χ3n) is 8.50. The monoisotopic (exact) mass is 653 g/mol. The summed E-state index contributed by atoms with van der Waals surface area (Å²) < 4.78 is 28.4. The van der Waals surface area contributed by atoms with Gasteiger partial charge in [0.25, 0.3) is 21.6 Å². The number of nitro groups is 1. The quantitative estimate of drug-likeness (QED) is 0.118. The zero-order valence-corrected chi connectivity index (χ0v) is 28.0. The first-order chi connectivity index (χ1) is 21.4. The second kappa shape index (κ2) is 15.1. The lowest BCUT2D eigenvalue weighted by atomic mass is 9.78. The van der Waals surface area contributed by atoms with E-state index in [4.69, 9.17) is 0 Å². The third-order valence-corrected chi connectivity index (χ3v) is 11.0. The van der Waals surface area contributed by atoms with Crippen molar-refractivity contribution in [1.29, 1.82) is 0 Å². The highest BCUT2D eigenvalue weighted by Crippen LogP contribution is 2.36. The Morgan fingerprint density at radius 3 is 2.33 bits per heavy atom. The Balaban J connectivity index is 1.45. The van der Waals surface area contributed by atoms with Crippen molar-refractivity contribution >= 4 is 44.8 Å². The minimum absolute atomic E-state index is 0.123. The smallest absolute Gasteiger partial charge is 0.293 e. The molecule has 1 saturated heterocycles. The maximum absolute atomic E-state index is 13.2. The molecular formula is C33H43N5O5S2. The fourth-order valence-electron chi connectivity index (χ4n) is 5.22. The molecule has 12 heteroatoms. The van der Waals surface area contributed by atoms with E-state index in [-0.39, 0.29) is 27.9 Å². The van der Waals surface area contributed by atoms with E-state index in [9.17, 15) is 23.3 Å². The molecule has 0 spiro atoms. The fraction of sp³-hybridized carbons (Fsp3) is 0.424. The summed E-state index contributed by atoms with van der Waals surface area (Å²) in [7, 11) is -0.455. The molecule has 2 N–H and O–H groups in total. The number of nitrogens with zero attached hydrogens (tertiary/aromatic N) is 3. The lowest BCUT2D eigenvalue weighted by Gasteiger charge is -2.40. The lowest BCUT2D eigenvalue weighted by Crippen LogP contribution is -2.38. The number of hydrogen-bond donors (Lipinski definition) is 2. The number of amides is 1. The Hall–Kier alpha value is -3.61. The predicted octanol–water partition coefficient (Wildman–Crippen LogP) is 6.25. The number of carbonyl (C=O) groups excluding carboxylic acids is 1. The highest BCUT2D eigenvalue weighted by molar-refractivity contribution is 7.99. The highest BCUT2D eigenvalue weighted by atomic mass is 32.2. The van der Waals surface area contributed by atoms with E-state index in [1.54, 1.807) is 23.9 Å². The van der Waals surface area contributed by atoms with E-state index in [1.165, 1.54) is 12.1 Å². The summed E-state index contributed by atoms with van der Waals surface area (Å²) in [5, 5.41) is 15.3. The summed E-state index contributed by atoms with van der Waals surface area (Å²) in [5.74, 6) is -0.148. The molecule has 45 heavy (non-hydrogen) atoms. The highest BCUT2D eigenvalue weighted by Gasteiger charge is 2.29. The number of anilines is 2. The Labute approximate surface area is 270 Å². The van der Waals surface area contributed by atoms with Crippen molar-refractivity contribution < 1.29 is 18.1 Å². The van der Waals surface area contributed by atoms with Crippen molar-refractivity contribution in [3.63, 3.8) is 0 Å². The van der Waals surface area contributed by atoms with Crippen molar-refractivity contribution in [3.05, 3.63) is 88.5 Å². The molecule has 0 aliphatic carbocycles. The van der Waals surface area contributed by atoms with E-state index < -0.39 is 20.9 Å².